The topological polar surface area (TPSA) is 78.4 Å². The van der Waals surface area contributed by atoms with Gasteiger partial charge in [0.15, 0.2) is 0 Å². The Labute approximate surface area is 179 Å². The molecule has 0 spiro atoms. The van der Waals surface area contributed by atoms with Crippen molar-refractivity contribution in [1.82, 2.24) is 10.1 Å². The molecule has 0 saturated carbocycles. The smallest absolute Gasteiger partial charge is 0.339 e. The highest BCUT2D eigenvalue weighted by Crippen LogP contribution is 2.36. The molecule has 0 atom stereocenters. The van der Waals surface area contributed by atoms with Gasteiger partial charge in [-0.3, -0.25) is 0 Å². The minimum Gasteiger partial charge on any atom is -0.465 e. The van der Waals surface area contributed by atoms with Crippen molar-refractivity contribution >= 4 is 28.5 Å². The number of pyridine rings is 1. The molecule has 0 aliphatic heterocycles. The van der Waals surface area contributed by atoms with E-state index >= 15 is 0 Å². The summed E-state index contributed by atoms with van der Waals surface area (Å²) in [6.07, 6.45) is 6.26. The Morgan fingerprint density at radius 3 is 2.81 bits per heavy atom. The van der Waals surface area contributed by atoms with E-state index in [1.54, 1.807) is 6.26 Å². The Morgan fingerprint density at radius 2 is 2.03 bits per heavy atom. The number of ether oxygens (including phenoxy) is 1. The molecule has 6 heteroatoms. The zero-order valence-electron chi connectivity index (χ0n) is 17.5. The summed E-state index contributed by atoms with van der Waals surface area (Å²) in [4.78, 5) is 18.2. The molecule has 1 aromatic carbocycles. The molecule has 4 aromatic rings. The lowest BCUT2D eigenvalue weighted by Crippen LogP contribution is -2.15. The third-order valence-electron chi connectivity index (χ3n) is 5.76. The van der Waals surface area contributed by atoms with Crippen LogP contribution in [0, 0.1) is 13.8 Å². The highest BCUT2D eigenvalue weighted by atomic mass is 16.5. The SMILES string of the molecule is Cc1noc(C)c1COC(=O)c1c2c(nc3ccccc13)/C(=C/c1ccco1)CCC2. The molecule has 0 radical (unpaired) electrons. The van der Waals surface area contributed by atoms with E-state index in [0.717, 1.165) is 64.0 Å². The van der Waals surface area contributed by atoms with Crippen LogP contribution < -0.4 is 0 Å². The number of para-hydroxylation sites is 1. The van der Waals surface area contributed by atoms with Crippen LogP contribution in [-0.2, 0) is 17.8 Å². The minimum atomic E-state index is -0.353. The molecule has 6 nitrogen and oxygen atoms in total. The maximum atomic E-state index is 13.3. The molecule has 3 heterocycles. The van der Waals surface area contributed by atoms with Crippen LogP contribution in [-0.4, -0.2) is 16.1 Å². The number of fused-ring (bicyclic) bond motifs is 2. The predicted octanol–water partition coefficient (Wildman–Crippen LogP) is 5.67. The molecule has 1 aliphatic rings. The van der Waals surface area contributed by atoms with E-state index in [9.17, 15) is 4.79 Å². The summed E-state index contributed by atoms with van der Waals surface area (Å²) in [6.45, 7) is 3.79. The van der Waals surface area contributed by atoms with Gasteiger partial charge in [-0.1, -0.05) is 23.4 Å². The maximum absolute atomic E-state index is 13.3. The normalized spacial score (nSPS) is 14.7. The molecular weight excluding hydrogens is 392 g/mol. The van der Waals surface area contributed by atoms with Crippen molar-refractivity contribution in [3.05, 3.63) is 82.3 Å². The number of furan rings is 1. The van der Waals surface area contributed by atoms with Crippen molar-refractivity contribution in [3.8, 4) is 0 Å². The van der Waals surface area contributed by atoms with Gasteiger partial charge in [0.05, 0.1) is 34.3 Å². The van der Waals surface area contributed by atoms with Crippen molar-refractivity contribution in [2.75, 3.05) is 0 Å². The van der Waals surface area contributed by atoms with Crippen LogP contribution in [0.3, 0.4) is 0 Å². The van der Waals surface area contributed by atoms with Crippen LogP contribution in [0.15, 0.2) is 51.6 Å². The first-order chi connectivity index (χ1) is 15.1. The fraction of sp³-hybridized carbons (Fsp3) is 0.240. The number of rotatable bonds is 4. The standard InChI is InChI=1S/C25H22N2O4/c1-15-21(16(2)31-27-15)14-30-25(28)23-19-9-3-4-11-22(19)26-24-17(7-5-10-20(23)24)13-18-8-6-12-29-18/h3-4,6,8-9,11-13H,5,7,10,14H2,1-2H3/b17-13+. The number of esters is 1. The van der Waals surface area contributed by atoms with Crippen molar-refractivity contribution in [3.63, 3.8) is 0 Å². The van der Waals surface area contributed by atoms with Crippen LogP contribution >= 0.6 is 0 Å². The number of benzene rings is 1. The summed E-state index contributed by atoms with van der Waals surface area (Å²) in [6, 6.07) is 11.5. The van der Waals surface area contributed by atoms with Gasteiger partial charge in [-0.25, -0.2) is 9.78 Å². The van der Waals surface area contributed by atoms with Crippen LogP contribution in [0.1, 0.15) is 57.2 Å². The van der Waals surface area contributed by atoms with E-state index in [1.165, 1.54) is 0 Å². The Morgan fingerprint density at radius 1 is 1.16 bits per heavy atom. The summed E-state index contributed by atoms with van der Waals surface area (Å²) < 4.78 is 16.4. The third kappa shape index (κ3) is 3.54. The van der Waals surface area contributed by atoms with Gasteiger partial charge in [0.2, 0.25) is 0 Å². The first-order valence-electron chi connectivity index (χ1n) is 10.4. The zero-order valence-corrected chi connectivity index (χ0v) is 17.5. The largest absolute Gasteiger partial charge is 0.465 e. The first kappa shape index (κ1) is 19.3. The van der Waals surface area contributed by atoms with Crippen molar-refractivity contribution < 1.29 is 18.5 Å². The molecule has 0 amide bonds. The van der Waals surface area contributed by atoms with Gasteiger partial charge in [-0.05, 0) is 68.5 Å². The molecule has 0 fully saturated rings. The van der Waals surface area contributed by atoms with Crippen LogP contribution in [0.5, 0.6) is 0 Å². The van der Waals surface area contributed by atoms with E-state index in [0.29, 0.717) is 11.3 Å². The Hall–Kier alpha value is -3.67. The summed E-state index contributed by atoms with van der Waals surface area (Å²) in [7, 11) is 0. The van der Waals surface area contributed by atoms with Crippen molar-refractivity contribution in [1.29, 1.82) is 0 Å². The molecule has 0 saturated heterocycles. The number of aromatic nitrogens is 2. The molecule has 1 aliphatic carbocycles. The molecule has 5 rings (SSSR count). The van der Waals surface area contributed by atoms with E-state index in [2.05, 4.69) is 5.16 Å². The fourth-order valence-corrected chi connectivity index (χ4v) is 4.17. The molecule has 156 valence electrons. The second kappa shape index (κ2) is 7.87. The molecule has 0 bridgehead atoms. The number of allylic oxidation sites excluding steroid dienone is 1. The molecule has 0 unspecified atom stereocenters. The van der Waals surface area contributed by atoms with Crippen LogP contribution in [0.25, 0.3) is 22.6 Å². The molecule has 3 aromatic heterocycles. The number of hydrogen-bond acceptors (Lipinski definition) is 6. The molecular formula is C25H22N2O4. The van der Waals surface area contributed by atoms with Crippen molar-refractivity contribution in [2.24, 2.45) is 0 Å². The Bertz CT molecular complexity index is 1280. The number of nitrogens with zero attached hydrogens (tertiary/aromatic N) is 2. The molecule has 31 heavy (non-hydrogen) atoms. The molecule has 0 N–H and O–H groups in total. The average molecular weight is 414 g/mol. The van der Waals surface area contributed by atoms with Crippen molar-refractivity contribution in [2.45, 2.75) is 39.7 Å². The van der Waals surface area contributed by atoms with Gasteiger partial charge in [0.1, 0.15) is 18.1 Å². The fourth-order valence-electron chi connectivity index (χ4n) is 4.17. The lowest BCUT2D eigenvalue weighted by atomic mass is 9.86. The highest BCUT2D eigenvalue weighted by molar-refractivity contribution is 6.06. The van der Waals surface area contributed by atoms with Gasteiger partial charge in [-0.2, -0.15) is 0 Å². The second-order valence-electron chi connectivity index (χ2n) is 7.75. The number of carbonyl (C=O) groups is 1. The summed E-state index contributed by atoms with van der Waals surface area (Å²) in [5, 5.41) is 4.75. The van der Waals surface area contributed by atoms with Gasteiger partial charge >= 0.3 is 5.97 Å². The van der Waals surface area contributed by atoms with E-state index in [-0.39, 0.29) is 12.6 Å². The second-order valence-corrected chi connectivity index (χ2v) is 7.75. The monoisotopic (exact) mass is 414 g/mol. The van der Waals surface area contributed by atoms with Gasteiger partial charge in [0, 0.05) is 5.39 Å². The van der Waals surface area contributed by atoms with E-state index in [1.807, 2.05) is 56.3 Å². The minimum absolute atomic E-state index is 0.126. The maximum Gasteiger partial charge on any atom is 0.339 e. The third-order valence-corrected chi connectivity index (χ3v) is 5.76. The van der Waals surface area contributed by atoms with E-state index in [4.69, 9.17) is 18.7 Å². The predicted molar refractivity (Wildman–Crippen MR) is 116 cm³/mol. The van der Waals surface area contributed by atoms with E-state index < -0.39 is 0 Å². The average Bonchev–Trinajstić information content (AvgIpc) is 3.40. The van der Waals surface area contributed by atoms with Crippen LogP contribution in [0.4, 0.5) is 0 Å². The highest BCUT2D eigenvalue weighted by Gasteiger charge is 2.26. The Balaban J connectivity index is 1.59. The first-order valence-corrected chi connectivity index (χ1v) is 10.4. The number of aryl methyl sites for hydroxylation is 2. The number of carbonyl (C=O) groups excluding carboxylic acids is 1. The summed E-state index contributed by atoms with van der Waals surface area (Å²) in [5.41, 5.74) is 5.77. The quantitative estimate of drug-likeness (QED) is 0.401. The van der Waals surface area contributed by atoms with Crippen LogP contribution in [0.2, 0.25) is 0 Å². The Kier molecular flexibility index (Phi) is 4.90. The summed E-state index contributed by atoms with van der Waals surface area (Å²) >= 11 is 0. The summed E-state index contributed by atoms with van der Waals surface area (Å²) in [5.74, 6) is 1.09. The zero-order chi connectivity index (χ0) is 21.4. The lowest BCUT2D eigenvalue weighted by Gasteiger charge is -2.22. The van der Waals surface area contributed by atoms with Gasteiger partial charge in [0.25, 0.3) is 0 Å². The number of hydrogen-bond donors (Lipinski definition) is 0. The van der Waals surface area contributed by atoms with Gasteiger partial charge < -0.3 is 13.7 Å². The van der Waals surface area contributed by atoms with Gasteiger partial charge in [-0.15, -0.1) is 0 Å². The lowest BCUT2D eigenvalue weighted by molar-refractivity contribution is 0.0471.